The number of anilines is 1. The van der Waals surface area contributed by atoms with Gasteiger partial charge in [0.05, 0.1) is 6.42 Å². The quantitative estimate of drug-likeness (QED) is 0.501. The Morgan fingerprint density at radius 1 is 0.933 bits per heavy atom. The van der Waals surface area contributed by atoms with E-state index in [4.69, 9.17) is 0 Å². The summed E-state index contributed by atoms with van der Waals surface area (Å²) in [7, 11) is 0. The van der Waals surface area contributed by atoms with Crippen molar-refractivity contribution in [2.24, 2.45) is 0 Å². The molecule has 1 N–H and O–H groups in total. The van der Waals surface area contributed by atoms with Crippen LogP contribution >= 0.6 is 0 Å². The molecule has 0 aliphatic carbocycles. The number of hydrogen-bond acceptors (Lipinski definition) is 4. The minimum Gasteiger partial charge on any atom is -0.350 e. The fourth-order valence-electron chi connectivity index (χ4n) is 3.05. The summed E-state index contributed by atoms with van der Waals surface area (Å²) in [5, 5.41) is 7.63. The van der Waals surface area contributed by atoms with Gasteiger partial charge in [0.25, 0.3) is 5.91 Å². The van der Waals surface area contributed by atoms with E-state index in [1.165, 1.54) is 16.8 Å². The summed E-state index contributed by atoms with van der Waals surface area (Å²) in [6, 6.07) is 23.5. The second-order valence-corrected chi connectivity index (χ2v) is 7.07. The van der Waals surface area contributed by atoms with Crippen molar-refractivity contribution in [2.75, 3.05) is 5.32 Å². The molecule has 0 spiro atoms. The summed E-state index contributed by atoms with van der Waals surface area (Å²) >= 11 is 0. The number of benzene rings is 3. The molecule has 1 heterocycles. The molecule has 6 heteroatoms. The van der Waals surface area contributed by atoms with Crippen LogP contribution in [0.3, 0.4) is 0 Å². The van der Waals surface area contributed by atoms with Crippen molar-refractivity contribution in [1.82, 2.24) is 14.8 Å². The molecule has 0 aliphatic heterocycles. The molecule has 4 aromatic rings. The Morgan fingerprint density at radius 2 is 1.63 bits per heavy atom. The number of aromatic nitrogens is 3. The zero-order chi connectivity index (χ0) is 20.9. The Bertz CT molecular complexity index is 1140. The molecule has 0 saturated heterocycles. The zero-order valence-electron chi connectivity index (χ0n) is 16.5. The minimum atomic E-state index is -0.290. The van der Waals surface area contributed by atoms with E-state index < -0.39 is 0 Å². The van der Waals surface area contributed by atoms with Crippen LogP contribution in [0.5, 0.6) is 0 Å². The van der Waals surface area contributed by atoms with Crippen LogP contribution in [-0.4, -0.2) is 20.7 Å². The number of nitrogens with one attached hydrogen (secondary N) is 1. The first-order chi connectivity index (χ1) is 14.6. The van der Waals surface area contributed by atoms with E-state index in [-0.39, 0.29) is 18.1 Å². The predicted molar refractivity (Wildman–Crippen MR) is 115 cm³/mol. The van der Waals surface area contributed by atoms with Gasteiger partial charge < -0.3 is 5.32 Å². The highest BCUT2D eigenvalue weighted by molar-refractivity contribution is 5.83. The standard InChI is InChI=1S/C24H21FN4O/c1-17-7-11-20(12-8-17)23-27-24(26-16-19-9-13-21(25)14-10-19)29(28-23)22(30)15-18-5-3-2-4-6-18/h2-14H,15-16H2,1H3,(H,26,27,28). The van der Waals surface area contributed by atoms with Crippen molar-refractivity contribution in [3.63, 3.8) is 0 Å². The van der Waals surface area contributed by atoms with E-state index in [1.807, 2.05) is 61.5 Å². The van der Waals surface area contributed by atoms with Crippen molar-refractivity contribution in [1.29, 1.82) is 0 Å². The highest BCUT2D eigenvalue weighted by Crippen LogP contribution is 2.20. The van der Waals surface area contributed by atoms with E-state index >= 15 is 0 Å². The number of hydrogen-bond donors (Lipinski definition) is 1. The molecule has 0 radical (unpaired) electrons. The summed E-state index contributed by atoms with van der Waals surface area (Å²) in [5.74, 6) is 0.351. The molecular weight excluding hydrogens is 379 g/mol. The van der Waals surface area contributed by atoms with Crippen LogP contribution in [0.25, 0.3) is 11.4 Å². The van der Waals surface area contributed by atoms with Crippen LogP contribution in [0, 0.1) is 12.7 Å². The van der Waals surface area contributed by atoms with Gasteiger partial charge in [0.15, 0.2) is 5.82 Å². The first-order valence-corrected chi connectivity index (χ1v) is 9.68. The molecule has 3 aromatic carbocycles. The average Bonchev–Trinajstić information content (AvgIpc) is 3.19. The smallest absolute Gasteiger partial charge is 0.254 e. The summed E-state index contributed by atoms with van der Waals surface area (Å²) in [4.78, 5) is 17.5. The fraction of sp³-hybridized carbons (Fsp3) is 0.125. The number of aryl methyl sites for hydroxylation is 1. The first-order valence-electron chi connectivity index (χ1n) is 9.68. The van der Waals surface area contributed by atoms with E-state index in [1.54, 1.807) is 12.1 Å². The van der Waals surface area contributed by atoms with E-state index in [2.05, 4.69) is 15.4 Å². The van der Waals surface area contributed by atoms with Gasteiger partial charge in [0.2, 0.25) is 5.95 Å². The van der Waals surface area contributed by atoms with Crippen LogP contribution in [-0.2, 0) is 13.0 Å². The number of carbonyl (C=O) groups is 1. The molecule has 5 nitrogen and oxygen atoms in total. The number of rotatable bonds is 6. The molecular formula is C24H21FN4O. The van der Waals surface area contributed by atoms with Crippen LogP contribution in [0.4, 0.5) is 10.3 Å². The largest absolute Gasteiger partial charge is 0.350 e. The fourth-order valence-corrected chi connectivity index (χ4v) is 3.05. The normalized spacial score (nSPS) is 10.7. The lowest BCUT2D eigenvalue weighted by Gasteiger charge is -2.07. The molecule has 0 unspecified atom stereocenters. The van der Waals surface area contributed by atoms with Crippen molar-refractivity contribution in [2.45, 2.75) is 19.9 Å². The van der Waals surface area contributed by atoms with Crippen molar-refractivity contribution in [3.05, 3.63) is 101 Å². The van der Waals surface area contributed by atoms with E-state index in [9.17, 15) is 9.18 Å². The average molecular weight is 400 g/mol. The number of carbonyl (C=O) groups excluding carboxylic acids is 1. The van der Waals surface area contributed by atoms with Crippen molar-refractivity contribution in [3.8, 4) is 11.4 Å². The van der Waals surface area contributed by atoms with Gasteiger partial charge in [-0.1, -0.05) is 72.3 Å². The lowest BCUT2D eigenvalue weighted by atomic mass is 10.1. The van der Waals surface area contributed by atoms with Gasteiger partial charge >= 0.3 is 0 Å². The Morgan fingerprint density at radius 3 is 2.33 bits per heavy atom. The molecule has 4 rings (SSSR count). The monoisotopic (exact) mass is 400 g/mol. The summed E-state index contributed by atoms with van der Waals surface area (Å²) < 4.78 is 14.5. The maximum Gasteiger partial charge on any atom is 0.254 e. The Balaban J connectivity index is 1.62. The van der Waals surface area contributed by atoms with Gasteiger partial charge in [0, 0.05) is 12.1 Å². The Hall–Kier alpha value is -3.80. The molecule has 0 aliphatic rings. The zero-order valence-corrected chi connectivity index (χ0v) is 16.5. The van der Waals surface area contributed by atoms with Crippen LogP contribution in [0.1, 0.15) is 21.5 Å². The number of halogens is 1. The van der Waals surface area contributed by atoms with Gasteiger partial charge in [-0.05, 0) is 30.2 Å². The summed E-state index contributed by atoms with van der Waals surface area (Å²) in [5.41, 5.74) is 3.74. The third kappa shape index (κ3) is 4.60. The molecule has 30 heavy (non-hydrogen) atoms. The molecule has 0 bridgehead atoms. The Labute approximate surface area is 174 Å². The van der Waals surface area contributed by atoms with Crippen molar-refractivity contribution >= 4 is 11.9 Å². The molecule has 150 valence electrons. The van der Waals surface area contributed by atoms with Gasteiger partial charge in [-0.25, -0.2) is 4.39 Å². The lowest BCUT2D eigenvalue weighted by Crippen LogP contribution is -2.18. The van der Waals surface area contributed by atoms with Crippen LogP contribution < -0.4 is 5.32 Å². The second-order valence-electron chi connectivity index (χ2n) is 7.07. The second kappa shape index (κ2) is 8.69. The maximum absolute atomic E-state index is 13.2. The highest BCUT2D eigenvalue weighted by Gasteiger charge is 2.17. The summed E-state index contributed by atoms with van der Waals surface area (Å²) in [6.07, 6.45) is 0.211. The number of nitrogens with zero attached hydrogens (tertiary/aromatic N) is 3. The molecule has 0 atom stereocenters. The van der Waals surface area contributed by atoms with Crippen LogP contribution in [0.2, 0.25) is 0 Å². The SMILES string of the molecule is Cc1ccc(-c2nc(NCc3ccc(F)cc3)n(C(=O)Cc3ccccc3)n2)cc1. The third-order valence-electron chi connectivity index (χ3n) is 4.72. The lowest BCUT2D eigenvalue weighted by molar-refractivity contribution is 0.0901. The van der Waals surface area contributed by atoms with Gasteiger partial charge in [-0.3, -0.25) is 4.79 Å². The molecule has 1 aromatic heterocycles. The molecule has 0 amide bonds. The highest BCUT2D eigenvalue weighted by atomic mass is 19.1. The summed E-state index contributed by atoms with van der Waals surface area (Å²) in [6.45, 7) is 2.40. The van der Waals surface area contributed by atoms with Gasteiger partial charge in [0.1, 0.15) is 5.82 Å². The minimum absolute atomic E-state index is 0.186. The van der Waals surface area contributed by atoms with Gasteiger partial charge in [-0.15, -0.1) is 5.10 Å². The first kappa shape index (κ1) is 19.5. The molecule has 0 saturated carbocycles. The van der Waals surface area contributed by atoms with Crippen molar-refractivity contribution < 1.29 is 9.18 Å². The van der Waals surface area contributed by atoms with Crippen LogP contribution in [0.15, 0.2) is 78.9 Å². The molecule has 0 fully saturated rings. The topological polar surface area (TPSA) is 59.8 Å². The van der Waals surface area contributed by atoms with E-state index in [0.29, 0.717) is 18.3 Å². The van der Waals surface area contributed by atoms with Gasteiger partial charge in [-0.2, -0.15) is 9.67 Å². The third-order valence-corrected chi connectivity index (χ3v) is 4.72. The maximum atomic E-state index is 13.2. The Kier molecular flexibility index (Phi) is 5.66. The van der Waals surface area contributed by atoms with E-state index in [0.717, 1.165) is 22.3 Å². The predicted octanol–water partition coefficient (Wildman–Crippen LogP) is 4.89.